The molecule has 0 fully saturated rings. The van der Waals surface area contributed by atoms with E-state index >= 15 is 8.78 Å². The van der Waals surface area contributed by atoms with E-state index in [-0.39, 0.29) is 18.4 Å². The third-order valence-electron chi connectivity index (χ3n) is 8.03. The summed E-state index contributed by atoms with van der Waals surface area (Å²) >= 11 is 0. The molecular formula is C41H28F2N2O2. The summed E-state index contributed by atoms with van der Waals surface area (Å²) < 4.78 is 41.9. The Hall–Kier alpha value is -6.24. The maximum absolute atomic E-state index is 15.1. The fourth-order valence-electron chi connectivity index (χ4n) is 5.44. The molecule has 0 saturated carbocycles. The second-order valence-corrected chi connectivity index (χ2v) is 11.1. The lowest BCUT2D eigenvalue weighted by Gasteiger charge is -2.14. The van der Waals surface area contributed by atoms with Crippen molar-refractivity contribution in [1.82, 2.24) is 0 Å². The Labute approximate surface area is 272 Å². The highest BCUT2D eigenvalue weighted by atomic mass is 19.1. The molecule has 0 aliphatic carbocycles. The van der Waals surface area contributed by atoms with Crippen molar-refractivity contribution in [2.45, 2.75) is 13.8 Å². The largest absolute Gasteiger partial charge is 0.457 e. The van der Waals surface area contributed by atoms with Crippen LogP contribution in [-0.2, 0) is 0 Å². The smallest absolute Gasteiger partial charge is 0.230 e. The molecule has 6 heteroatoms. The Balaban J connectivity index is 1.09. The van der Waals surface area contributed by atoms with Crippen LogP contribution in [0.5, 0.6) is 11.5 Å². The maximum atomic E-state index is 15.1. The van der Waals surface area contributed by atoms with Crippen LogP contribution in [0.2, 0.25) is 0 Å². The second kappa shape index (κ2) is 13.4. The number of hydrogen-bond acceptors (Lipinski definition) is 4. The van der Waals surface area contributed by atoms with Crippen LogP contribution in [0.1, 0.15) is 22.3 Å². The van der Waals surface area contributed by atoms with Crippen LogP contribution < -0.4 is 9.47 Å². The molecule has 0 aromatic heterocycles. The topological polar surface area (TPSA) is 66.0 Å². The van der Waals surface area contributed by atoms with Gasteiger partial charge in [0.15, 0.2) is 0 Å². The lowest BCUT2D eigenvalue weighted by Crippen LogP contribution is -2.07. The van der Waals surface area contributed by atoms with Gasteiger partial charge in [-0.15, -0.1) is 0 Å². The van der Waals surface area contributed by atoms with Gasteiger partial charge in [0.1, 0.15) is 23.1 Å². The molecule has 0 aliphatic rings. The Bertz CT molecular complexity index is 2020. The molecule has 0 bridgehead atoms. The summed E-state index contributed by atoms with van der Waals surface area (Å²) in [5, 5.41) is 18.0. The minimum absolute atomic E-state index is 0.0117. The highest BCUT2D eigenvalue weighted by Gasteiger charge is 2.12. The maximum Gasteiger partial charge on any atom is 0.230 e. The summed E-state index contributed by atoms with van der Waals surface area (Å²) in [6, 6.07) is 39.4. The zero-order chi connectivity index (χ0) is 32.9. The molecule has 4 nitrogen and oxygen atoms in total. The molecular weight excluding hydrogens is 590 g/mol. The highest BCUT2D eigenvalue weighted by molar-refractivity contribution is 5.73. The standard InChI is InChI=1S/C41H28F2N2O2/c1-26-19-32(34-11-15-36(38(42)21-34)30-7-3-28(23-44)4-8-30)13-17-40(26)46-25-47-41-18-14-33(20-27(41)2)35-12-16-37(39(43)22-35)31-9-5-29(24-45)6-10-31/h3-22H,25H2,1-2H3. The Morgan fingerprint density at radius 2 is 0.809 bits per heavy atom. The van der Waals surface area contributed by atoms with Crippen molar-refractivity contribution in [3.63, 3.8) is 0 Å². The van der Waals surface area contributed by atoms with Gasteiger partial charge in [0.2, 0.25) is 6.79 Å². The Morgan fingerprint density at radius 3 is 1.15 bits per heavy atom. The van der Waals surface area contributed by atoms with Crippen molar-refractivity contribution in [3.05, 3.63) is 155 Å². The summed E-state index contributed by atoms with van der Waals surface area (Å²) in [6.45, 7) is 3.83. The molecule has 0 N–H and O–H groups in total. The third kappa shape index (κ3) is 6.73. The van der Waals surface area contributed by atoms with E-state index < -0.39 is 0 Å². The number of hydrogen-bond donors (Lipinski definition) is 0. The molecule has 0 radical (unpaired) electrons. The van der Waals surface area contributed by atoms with E-state index in [1.165, 1.54) is 12.1 Å². The minimum atomic E-state index is -0.342. The summed E-state index contributed by atoms with van der Waals surface area (Å²) in [5.41, 5.74) is 8.36. The monoisotopic (exact) mass is 618 g/mol. The van der Waals surface area contributed by atoms with Crippen LogP contribution in [0.25, 0.3) is 44.5 Å². The van der Waals surface area contributed by atoms with Gasteiger partial charge in [-0.2, -0.15) is 10.5 Å². The van der Waals surface area contributed by atoms with Crippen molar-refractivity contribution in [3.8, 4) is 68.1 Å². The number of ether oxygens (including phenoxy) is 2. The number of benzene rings is 6. The van der Waals surface area contributed by atoms with Crippen LogP contribution in [0.3, 0.4) is 0 Å². The normalized spacial score (nSPS) is 10.6. The third-order valence-corrected chi connectivity index (χ3v) is 8.03. The van der Waals surface area contributed by atoms with Crippen LogP contribution in [0, 0.1) is 48.1 Å². The molecule has 6 aromatic carbocycles. The number of nitrogens with zero attached hydrogens (tertiary/aromatic N) is 2. The van der Waals surface area contributed by atoms with Crippen molar-refractivity contribution >= 4 is 0 Å². The molecule has 6 aromatic rings. The summed E-state index contributed by atoms with van der Waals surface area (Å²) in [7, 11) is 0. The van der Waals surface area contributed by atoms with E-state index in [1.807, 2.05) is 62.4 Å². The zero-order valence-corrected chi connectivity index (χ0v) is 25.7. The summed E-state index contributed by atoms with van der Waals surface area (Å²) in [4.78, 5) is 0. The van der Waals surface area contributed by atoms with E-state index in [4.69, 9.17) is 20.0 Å². The van der Waals surface area contributed by atoms with Gasteiger partial charge in [-0.1, -0.05) is 60.7 Å². The Morgan fingerprint density at radius 1 is 0.468 bits per heavy atom. The molecule has 0 spiro atoms. The molecule has 0 heterocycles. The first kappa shape index (κ1) is 30.8. The first-order valence-electron chi connectivity index (χ1n) is 14.9. The van der Waals surface area contributed by atoms with E-state index in [9.17, 15) is 0 Å². The van der Waals surface area contributed by atoms with E-state index in [0.717, 1.165) is 33.4 Å². The van der Waals surface area contributed by atoms with Gasteiger partial charge in [-0.05, 0) is 119 Å². The lowest BCUT2D eigenvalue weighted by atomic mass is 9.98. The molecule has 47 heavy (non-hydrogen) atoms. The molecule has 0 aliphatic heterocycles. The molecule has 0 atom stereocenters. The molecule has 6 rings (SSSR count). The predicted molar refractivity (Wildman–Crippen MR) is 180 cm³/mol. The van der Waals surface area contributed by atoms with Crippen LogP contribution in [-0.4, -0.2) is 6.79 Å². The van der Waals surface area contributed by atoms with Gasteiger partial charge in [-0.25, -0.2) is 8.78 Å². The SMILES string of the molecule is Cc1cc(-c2ccc(-c3ccc(C#N)cc3)c(F)c2)ccc1OCOc1ccc(-c2ccc(-c3ccc(C#N)cc3)c(F)c2)cc1C. The quantitative estimate of drug-likeness (QED) is 0.159. The van der Waals surface area contributed by atoms with Crippen molar-refractivity contribution in [2.75, 3.05) is 6.79 Å². The van der Waals surface area contributed by atoms with Gasteiger partial charge >= 0.3 is 0 Å². The van der Waals surface area contributed by atoms with Crippen LogP contribution in [0.15, 0.2) is 121 Å². The lowest BCUT2D eigenvalue weighted by molar-refractivity contribution is 0.118. The van der Waals surface area contributed by atoms with Gasteiger partial charge in [0, 0.05) is 11.1 Å². The van der Waals surface area contributed by atoms with Gasteiger partial charge in [-0.3, -0.25) is 0 Å². The van der Waals surface area contributed by atoms with Gasteiger partial charge in [0.05, 0.1) is 23.3 Å². The first-order valence-corrected chi connectivity index (χ1v) is 14.9. The number of nitriles is 2. The van der Waals surface area contributed by atoms with Crippen LogP contribution in [0.4, 0.5) is 8.78 Å². The fraction of sp³-hybridized carbons (Fsp3) is 0.0732. The molecule has 0 amide bonds. The minimum Gasteiger partial charge on any atom is -0.457 e. The van der Waals surface area contributed by atoms with Crippen molar-refractivity contribution in [2.24, 2.45) is 0 Å². The fourth-order valence-corrected chi connectivity index (χ4v) is 5.44. The second-order valence-electron chi connectivity index (χ2n) is 11.1. The average Bonchev–Trinajstić information content (AvgIpc) is 3.09. The highest BCUT2D eigenvalue weighted by Crippen LogP contribution is 2.33. The number of rotatable bonds is 8. The molecule has 0 saturated heterocycles. The zero-order valence-electron chi connectivity index (χ0n) is 25.7. The molecule has 228 valence electrons. The first-order chi connectivity index (χ1) is 22.8. The molecule has 0 unspecified atom stereocenters. The van der Waals surface area contributed by atoms with Gasteiger partial charge in [0.25, 0.3) is 0 Å². The van der Waals surface area contributed by atoms with Crippen LogP contribution >= 0.6 is 0 Å². The van der Waals surface area contributed by atoms with Crippen molar-refractivity contribution < 1.29 is 18.3 Å². The van der Waals surface area contributed by atoms with E-state index in [2.05, 4.69) is 12.1 Å². The predicted octanol–water partition coefficient (Wildman–Crippen LogP) is 10.4. The average molecular weight is 619 g/mol. The van der Waals surface area contributed by atoms with E-state index in [1.54, 1.807) is 60.7 Å². The Kier molecular flexibility index (Phi) is 8.77. The number of halogens is 2. The summed E-state index contributed by atoms with van der Waals surface area (Å²) in [5.74, 6) is 0.613. The van der Waals surface area contributed by atoms with Crippen molar-refractivity contribution in [1.29, 1.82) is 10.5 Å². The van der Waals surface area contributed by atoms with Gasteiger partial charge < -0.3 is 9.47 Å². The summed E-state index contributed by atoms with van der Waals surface area (Å²) in [6.07, 6.45) is 0. The van der Waals surface area contributed by atoms with E-state index in [0.29, 0.717) is 44.9 Å². The number of aryl methyl sites for hydroxylation is 2.